The summed E-state index contributed by atoms with van der Waals surface area (Å²) < 4.78 is 58.1. The number of alkyl halides is 4. The molecule has 1 nitrogen and oxygen atoms in total. The minimum Gasteiger partial charge on any atom is -0.454 e. The van der Waals surface area contributed by atoms with Gasteiger partial charge < -0.3 is 4.74 Å². The summed E-state index contributed by atoms with van der Waals surface area (Å²) in [4.78, 5) is 0. The highest BCUT2D eigenvalue weighted by Gasteiger charge is 2.33. The molecule has 2 aromatic carbocycles. The summed E-state index contributed by atoms with van der Waals surface area (Å²) in [6.45, 7) is 0. The van der Waals surface area contributed by atoms with Gasteiger partial charge in [-0.15, -0.1) is 0 Å². The lowest BCUT2D eigenvalue weighted by Gasteiger charge is -2.14. The van der Waals surface area contributed by atoms with E-state index >= 15 is 0 Å². The van der Waals surface area contributed by atoms with E-state index in [9.17, 15) is 17.6 Å². The van der Waals surface area contributed by atoms with Crippen LogP contribution in [-0.2, 0) is 11.5 Å². The molecule has 0 N–H and O–H groups in total. The third-order valence-corrected chi connectivity index (χ3v) is 3.75. The van der Waals surface area contributed by atoms with Gasteiger partial charge in [0.25, 0.3) is 0 Å². The van der Waals surface area contributed by atoms with E-state index in [0.717, 1.165) is 12.1 Å². The van der Waals surface area contributed by atoms with Crippen LogP contribution in [0.5, 0.6) is 11.5 Å². The predicted molar refractivity (Wildman–Crippen MR) is 78.2 cm³/mol. The fourth-order valence-electron chi connectivity index (χ4n) is 1.68. The molecule has 0 bridgehead atoms. The third-order valence-electron chi connectivity index (χ3n) is 2.65. The van der Waals surface area contributed by atoms with Gasteiger partial charge in [-0.1, -0.05) is 37.9 Å². The second-order valence-electron chi connectivity index (χ2n) is 4.13. The summed E-state index contributed by atoms with van der Waals surface area (Å²) in [5, 5.41) is 0.0629. The zero-order valence-corrected chi connectivity index (χ0v) is 13.5. The van der Waals surface area contributed by atoms with Gasteiger partial charge in [-0.2, -0.15) is 13.2 Å². The summed E-state index contributed by atoms with van der Waals surface area (Å²) in [7, 11) is 0. The van der Waals surface area contributed by atoms with E-state index in [4.69, 9.17) is 4.74 Å². The van der Waals surface area contributed by atoms with Gasteiger partial charge in [0.1, 0.15) is 5.75 Å². The van der Waals surface area contributed by atoms with Crippen molar-refractivity contribution in [1.82, 2.24) is 0 Å². The summed E-state index contributed by atoms with van der Waals surface area (Å²) in [6.07, 6.45) is -4.50. The van der Waals surface area contributed by atoms with Crippen molar-refractivity contribution >= 4 is 31.9 Å². The van der Waals surface area contributed by atoms with Gasteiger partial charge in [0.05, 0.1) is 5.56 Å². The van der Waals surface area contributed by atoms with Crippen molar-refractivity contribution in [2.75, 3.05) is 0 Å². The van der Waals surface area contributed by atoms with E-state index in [1.807, 2.05) is 0 Å². The van der Waals surface area contributed by atoms with Crippen LogP contribution in [0.15, 0.2) is 40.9 Å². The largest absolute Gasteiger partial charge is 0.454 e. The summed E-state index contributed by atoms with van der Waals surface area (Å²) in [5.74, 6) is -0.885. The number of hydrogen-bond donors (Lipinski definition) is 0. The van der Waals surface area contributed by atoms with Gasteiger partial charge in [0.15, 0.2) is 11.6 Å². The Morgan fingerprint density at radius 1 is 1.05 bits per heavy atom. The first-order valence-electron chi connectivity index (χ1n) is 5.70. The van der Waals surface area contributed by atoms with Crippen molar-refractivity contribution in [3.63, 3.8) is 0 Å². The number of ether oxygens (including phenoxy) is 1. The highest BCUT2D eigenvalue weighted by Crippen LogP contribution is 2.37. The third kappa shape index (κ3) is 3.97. The maximum Gasteiger partial charge on any atom is 0.416 e. The van der Waals surface area contributed by atoms with Crippen LogP contribution >= 0.6 is 31.9 Å². The lowest BCUT2D eigenvalue weighted by molar-refractivity contribution is -0.138. The first-order valence-corrected chi connectivity index (χ1v) is 7.61. The zero-order valence-electron chi connectivity index (χ0n) is 10.3. The molecule has 0 atom stereocenters. The summed E-state index contributed by atoms with van der Waals surface area (Å²) >= 11 is 6.15. The van der Waals surface area contributed by atoms with Crippen molar-refractivity contribution in [1.29, 1.82) is 0 Å². The van der Waals surface area contributed by atoms with E-state index in [1.165, 1.54) is 24.3 Å². The Balaban J connectivity index is 2.39. The Bertz CT molecular complexity index is 656. The SMILES string of the molecule is Fc1ccc(Br)cc1Oc1ccc(CBr)c(C(F)(F)F)c1. The molecule has 2 aromatic rings. The van der Waals surface area contributed by atoms with Crippen molar-refractivity contribution in [2.45, 2.75) is 11.5 Å². The molecule has 0 heterocycles. The average Bonchev–Trinajstić information content (AvgIpc) is 2.42. The highest BCUT2D eigenvalue weighted by atomic mass is 79.9. The van der Waals surface area contributed by atoms with Crippen LogP contribution in [0, 0.1) is 5.82 Å². The lowest BCUT2D eigenvalue weighted by atomic mass is 10.1. The molecule has 2 rings (SSSR count). The van der Waals surface area contributed by atoms with Crippen molar-refractivity contribution in [3.05, 3.63) is 57.8 Å². The summed E-state index contributed by atoms with van der Waals surface area (Å²) in [6, 6.07) is 7.50. The van der Waals surface area contributed by atoms with Crippen molar-refractivity contribution < 1.29 is 22.3 Å². The minimum absolute atomic E-state index is 0.0629. The van der Waals surface area contributed by atoms with Crippen LogP contribution < -0.4 is 4.74 Å². The molecule has 0 fully saturated rings. The quantitative estimate of drug-likeness (QED) is 0.413. The summed E-state index contributed by atoms with van der Waals surface area (Å²) in [5.41, 5.74) is -0.725. The molecule has 0 aliphatic heterocycles. The Hall–Kier alpha value is -1.08. The normalized spacial score (nSPS) is 11.5. The van der Waals surface area contributed by atoms with E-state index in [-0.39, 0.29) is 22.4 Å². The van der Waals surface area contributed by atoms with Gasteiger partial charge in [-0.25, -0.2) is 4.39 Å². The first-order chi connectivity index (χ1) is 9.81. The molecule has 0 amide bonds. The lowest BCUT2D eigenvalue weighted by Crippen LogP contribution is -2.08. The first kappa shape index (κ1) is 16.3. The highest BCUT2D eigenvalue weighted by molar-refractivity contribution is 9.10. The molecule has 0 aliphatic rings. The monoisotopic (exact) mass is 426 g/mol. The molecule has 21 heavy (non-hydrogen) atoms. The zero-order chi connectivity index (χ0) is 15.6. The number of rotatable bonds is 3. The standard InChI is InChI=1S/C14H8Br2F4O/c15-7-8-1-3-10(6-11(8)14(18,19)20)21-13-5-9(16)2-4-12(13)17/h1-6H,7H2. The average molecular weight is 428 g/mol. The molecule has 0 spiro atoms. The number of halogens is 6. The molecular formula is C14H8Br2F4O. The van der Waals surface area contributed by atoms with Crippen LogP contribution in [0.1, 0.15) is 11.1 Å². The van der Waals surface area contributed by atoms with E-state index in [2.05, 4.69) is 31.9 Å². The smallest absolute Gasteiger partial charge is 0.416 e. The molecule has 0 radical (unpaired) electrons. The molecule has 112 valence electrons. The minimum atomic E-state index is -4.50. The van der Waals surface area contributed by atoms with E-state index in [1.54, 1.807) is 0 Å². The van der Waals surface area contributed by atoms with E-state index in [0.29, 0.717) is 4.47 Å². The van der Waals surface area contributed by atoms with Gasteiger partial charge in [0.2, 0.25) is 0 Å². The Morgan fingerprint density at radius 2 is 1.76 bits per heavy atom. The van der Waals surface area contributed by atoms with Crippen LogP contribution in [0.25, 0.3) is 0 Å². The molecule has 0 saturated heterocycles. The van der Waals surface area contributed by atoms with Crippen LogP contribution in [-0.4, -0.2) is 0 Å². The second-order valence-corrected chi connectivity index (χ2v) is 5.60. The van der Waals surface area contributed by atoms with Gasteiger partial charge in [0, 0.05) is 9.80 Å². The number of hydrogen-bond acceptors (Lipinski definition) is 1. The molecule has 0 aliphatic carbocycles. The molecule has 0 aromatic heterocycles. The van der Waals surface area contributed by atoms with Crippen LogP contribution in [0.4, 0.5) is 17.6 Å². The molecule has 7 heteroatoms. The number of benzene rings is 2. The van der Waals surface area contributed by atoms with Crippen molar-refractivity contribution in [2.24, 2.45) is 0 Å². The molecular weight excluding hydrogens is 420 g/mol. The predicted octanol–water partition coefficient (Wildman–Crippen LogP) is 6.29. The Labute approximate surface area is 135 Å². The molecule has 0 saturated carbocycles. The van der Waals surface area contributed by atoms with Crippen LogP contribution in [0.2, 0.25) is 0 Å². The maximum absolute atomic E-state index is 13.6. The van der Waals surface area contributed by atoms with E-state index < -0.39 is 17.6 Å². The Kier molecular flexibility index (Phi) is 4.93. The van der Waals surface area contributed by atoms with Gasteiger partial charge in [-0.3, -0.25) is 0 Å². The fourth-order valence-corrected chi connectivity index (χ4v) is 2.51. The van der Waals surface area contributed by atoms with Gasteiger partial charge >= 0.3 is 6.18 Å². The Morgan fingerprint density at radius 3 is 2.38 bits per heavy atom. The maximum atomic E-state index is 13.6. The van der Waals surface area contributed by atoms with Crippen LogP contribution in [0.3, 0.4) is 0 Å². The fraction of sp³-hybridized carbons (Fsp3) is 0.143. The van der Waals surface area contributed by atoms with Crippen molar-refractivity contribution in [3.8, 4) is 11.5 Å². The second kappa shape index (κ2) is 6.36. The topological polar surface area (TPSA) is 9.23 Å². The molecule has 0 unspecified atom stereocenters. The van der Waals surface area contributed by atoms with Gasteiger partial charge in [-0.05, 0) is 35.9 Å².